The Morgan fingerprint density at radius 3 is 2.50 bits per heavy atom. The van der Waals surface area contributed by atoms with Gasteiger partial charge in [0.1, 0.15) is 12.4 Å². The molecular formula is C20H21N3O3. The van der Waals surface area contributed by atoms with Gasteiger partial charge < -0.3 is 9.47 Å². The van der Waals surface area contributed by atoms with Crippen LogP contribution in [0.15, 0.2) is 42.5 Å². The van der Waals surface area contributed by atoms with Gasteiger partial charge in [0.05, 0.1) is 18.5 Å². The molecule has 0 spiro atoms. The van der Waals surface area contributed by atoms with Crippen molar-refractivity contribution in [1.82, 2.24) is 15.0 Å². The fourth-order valence-corrected chi connectivity index (χ4v) is 2.65. The molecule has 6 heteroatoms. The van der Waals surface area contributed by atoms with Gasteiger partial charge in [-0.15, -0.1) is 5.10 Å². The smallest absolute Gasteiger partial charge is 0.361 e. The normalized spacial score (nSPS) is 10.6. The molecule has 6 nitrogen and oxygen atoms in total. The molecule has 0 N–H and O–H groups in total. The van der Waals surface area contributed by atoms with E-state index in [1.165, 1.54) is 0 Å². The summed E-state index contributed by atoms with van der Waals surface area (Å²) in [6.07, 6.45) is 0. The number of benzene rings is 2. The Labute approximate surface area is 152 Å². The summed E-state index contributed by atoms with van der Waals surface area (Å²) in [6.45, 7) is 6.00. The van der Waals surface area contributed by atoms with Gasteiger partial charge in [-0.1, -0.05) is 29.0 Å². The van der Waals surface area contributed by atoms with Gasteiger partial charge in [0.15, 0.2) is 5.69 Å². The van der Waals surface area contributed by atoms with Crippen LogP contribution >= 0.6 is 0 Å². The molecule has 0 radical (unpaired) electrons. The van der Waals surface area contributed by atoms with Crippen LogP contribution in [0.4, 0.5) is 0 Å². The number of carbonyl (C=O) groups is 1. The first-order valence-electron chi connectivity index (χ1n) is 8.29. The van der Waals surface area contributed by atoms with Gasteiger partial charge in [-0.05, 0) is 56.2 Å². The molecule has 0 aliphatic rings. The number of methoxy groups -OCH3 is 1. The van der Waals surface area contributed by atoms with E-state index in [2.05, 4.69) is 10.3 Å². The lowest BCUT2D eigenvalue weighted by Crippen LogP contribution is -2.09. The summed E-state index contributed by atoms with van der Waals surface area (Å²) in [7, 11) is 1.61. The molecule has 0 saturated carbocycles. The van der Waals surface area contributed by atoms with Crippen molar-refractivity contribution in [2.75, 3.05) is 7.11 Å². The predicted octanol–water partition coefficient (Wildman–Crippen LogP) is 3.56. The van der Waals surface area contributed by atoms with Gasteiger partial charge in [0, 0.05) is 0 Å². The van der Waals surface area contributed by atoms with E-state index < -0.39 is 5.97 Å². The molecule has 0 unspecified atom stereocenters. The highest BCUT2D eigenvalue weighted by Gasteiger charge is 2.19. The lowest BCUT2D eigenvalue weighted by Gasteiger charge is -2.08. The second-order valence-electron chi connectivity index (χ2n) is 6.14. The van der Waals surface area contributed by atoms with Gasteiger partial charge >= 0.3 is 5.97 Å². The van der Waals surface area contributed by atoms with Crippen molar-refractivity contribution in [1.29, 1.82) is 0 Å². The molecule has 0 saturated heterocycles. The van der Waals surface area contributed by atoms with Crippen LogP contribution < -0.4 is 4.74 Å². The average Bonchev–Trinajstić information content (AvgIpc) is 3.04. The van der Waals surface area contributed by atoms with E-state index in [0.717, 1.165) is 28.1 Å². The largest absolute Gasteiger partial charge is 0.497 e. The average molecular weight is 351 g/mol. The molecule has 3 aromatic rings. The molecule has 0 aliphatic heterocycles. The maximum Gasteiger partial charge on any atom is 0.361 e. The Morgan fingerprint density at radius 1 is 1.08 bits per heavy atom. The van der Waals surface area contributed by atoms with E-state index in [1.54, 1.807) is 18.7 Å². The number of carbonyl (C=O) groups excluding carboxylic acids is 1. The number of esters is 1. The Hall–Kier alpha value is -3.15. The number of rotatable bonds is 5. The Morgan fingerprint density at radius 2 is 1.81 bits per heavy atom. The van der Waals surface area contributed by atoms with Crippen molar-refractivity contribution in [2.24, 2.45) is 0 Å². The van der Waals surface area contributed by atoms with Gasteiger partial charge in [0.25, 0.3) is 0 Å². The molecule has 0 amide bonds. The highest BCUT2D eigenvalue weighted by molar-refractivity contribution is 5.88. The number of aromatic nitrogens is 3. The van der Waals surface area contributed by atoms with E-state index in [1.807, 2.05) is 56.3 Å². The third kappa shape index (κ3) is 3.59. The third-order valence-electron chi connectivity index (χ3n) is 4.27. The highest BCUT2D eigenvalue weighted by Crippen LogP contribution is 2.18. The van der Waals surface area contributed by atoms with Crippen LogP contribution in [0.1, 0.15) is 32.9 Å². The standard InChI is InChI=1S/C20H21N3O3/c1-13-5-6-14(2)16(11-13)12-26-20(24)19-15(3)23(22-21-19)17-7-9-18(25-4)10-8-17/h5-11H,12H2,1-4H3. The zero-order valence-electron chi connectivity index (χ0n) is 15.3. The number of aryl methyl sites for hydroxylation is 2. The lowest BCUT2D eigenvalue weighted by atomic mass is 10.1. The summed E-state index contributed by atoms with van der Waals surface area (Å²) < 4.78 is 12.2. The maximum atomic E-state index is 12.4. The third-order valence-corrected chi connectivity index (χ3v) is 4.27. The summed E-state index contributed by atoms with van der Waals surface area (Å²) in [6, 6.07) is 13.4. The van der Waals surface area contributed by atoms with E-state index in [-0.39, 0.29) is 12.3 Å². The number of hydrogen-bond donors (Lipinski definition) is 0. The molecule has 3 rings (SSSR count). The quantitative estimate of drug-likeness (QED) is 0.658. The minimum absolute atomic E-state index is 0.210. The van der Waals surface area contributed by atoms with Crippen molar-refractivity contribution in [3.05, 3.63) is 70.5 Å². The van der Waals surface area contributed by atoms with Crippen molar-refractivity contribution in [3.63, 3.8) is 0 Å². The maximum absolute atomic E-state index is 12.4. The fourth-order valence-electron chi connectivity index (χ4n) is 2.65. The van der Waals surface area contributed by atoms with Crippen LogP contribution in [0.2, 0.25) is 0 Å². The summed E-state index contributed by atoms with van der Waals surface area (Å²) in [5.41, 5.74) is 4.83. The number of nitrogens with zero attached hydrogens (tertiary/aromatic N) is 3. The first kappa shape index (κ1) is 17.7. The summed E-state index contributed by atoms with van der Waals surface area (Å²) in [5, 5.41) is 8.07. The Bertz CT molecular complexity index is 930. The lowest BCUT2D eigenvalue weighted by molar-refractivity contribution is 0.0464. The van der Waals surface area contributed by atoms with Crippen molar-refractivity contribution >= 4 is 5.97 Å². The summed E-state index contributed by atoms with van der Waals surface area (Å²) >= 11 is 0. The Balaban J connectivity index is 1.76. The molecular weight excluding hydrogens is 330 g/mol. The van der Waals surface area contributed by atoms with Gasteiger partial charge in [0.2, 0.25) is 0 Å². The molecule has 134 valence electrons. The second kappa shape index (κ2) is 7.39. The summed E-state index contributed by atoms with van der Waals surface area (Å²) in [5.74, 6) is 0.267. The van der Waals surface area contributed by atoms with Crippen LogP contribution in [0.5, 0.6) is 5.75 Å². The molecule has 2 aromatic carbocycles. The molecule has 0 aliphatic carbocycles. The van der Waals surface area contributed by atoms with E-state index in [4.69, 9.17) is 9.47 Å². The van der Waals surface area contributed by atoms with Crippen LogP contribution in [0.25, 0.3) is 5.69 Å². The van der Waals surface area contributed by atoms with E-state index in [0.29, 0.717) is 5.69 Å². The van der Waals surface area contributed by atoms with Crippen LogP contribution in [0, 0.1) is 20.8 Å². The monoisotopic (exact) mass is 351 g/mol. The zero-order valence-corrected chi connectivity index (χ0v) is 15.3. The minimum atomic E-state index is -0.483. The Kier molecular flexibility index (Phi) is 5.02. The van der Waals surface area contributed by atoms with Crippen LogP contribution in [0.3, 0.4) is 0 Å². The molecule has 0 bridgehead atoms. The van der Waals surface area contributed by atoms with Crippen molar-refractivity contribution < 1.29 is 14.3 Å². The van der Waals surface area contributed by atoms with Gasteiger partial charge in [-0.25, -0.2) is 9.48 Å². The number of ether oxygens (including phenoxy) is 2. The number of hydrogen-bond acceptors (Lipinski definition) is 5. The fraction of sp³-hybridized carbons (Fsp3) is 0.250. The predicted molar refractivity (Wildman–Crippen MR) is 97.7 cm³/mol. The first-order valence-corrected chi connectivity index (χ1v) is 8.29. The molecule has 0 fully saturated rings. The van der Waals surface area contributed by atoms with E-state index in [9.17, 15) is 4.79 Å². The molecule has 0 atom stereocenters. The molecule has 1 aromatic heterocycles. The topological polar surface area (TPSA) is 66.2 Å². The molecule has 26 heavy (non-hydrogen) atoms. The van der Waals surface area contributed by atoms with Crippen molar-refractivity contribution in [3.8, 4) is 11.4 Å². The van der Waals surface area contributed by atoms with Gasteiger partial charge in [-0.3, -0.25) is 0 Å². The van der Waals surface area contributed by atoms with Crippen LogP contribution in [-0.4, -0.2) is 28.1 Å². The highest BCUT2D eigenvalue weighted by atomic mass is 16.5. The SMILES string of the molecule is COc1ccc(-n2nnc(C(=O)OCc3cc(C)ccc3C)c2C)cc1. The van der Waals surface area contributed by atoms with E-state index >= 15 is 0 Å². The van der Waals surface area contributed by atoms with Crippen molar-refractivity contribution in [2.45, 2.75) is 27.4 Å². The minimum Gasteiger partial charge on any atom is -0.497 e. The molecule has 1 heterocycles. The zero-order chi connectivity index (χ0) is 18.7. The first-order chi connectivity index (χ1) is 12.5. The second-order valence-corrected chi connectivity index (χ2v) is 6.14. The summed E-state index contributed by atoms with van der Waals surface area (Å²) in [4.78, 5) is 12.4. The van der Waals surface area contributed by atoms with Crippen LogP contribution in [-0.2, 0) is 11.3 Å². The van der Waals surface area contributed by atoms with Gasteiger partial charge in [-0.2, -0.15) is 0 Å².